The van der Waals surface area contributed by atoms with Gasteiger partial charge in [-0.05, 0) is 80.9 Å². The van der Waals surface area contributed by atoms with Crippen molar-refractivity contribution >= 4 is 60.8 Å². The molecule has 0 amide bonds. The predicted octanol–water partition coefficient (Wildman–Crippen LogP) is 16.2. The molecular weight excluding hydrogens is 777 g/mol. The minimum absolute atomic E-state index is 0.598. The molecule has 2 aliphatic rings. The Hall–Kier alpha value is -8.40. The number of hydrogen-bond donors (Lipinski definition) is 0. The van der Waals surface area contributed by atoms with Gasteiger partial charge in [0.1, 0.15) is 5.58 Å². The number of anilines is 3. The molecule has 0 saturated carbocycles. The lowest BCUT2D eigenvalue weighted by molar-refractivity contribution is 0.669. The second-order valence-electron chi connectivity index (χ2n) is 17.1. The fraction of sp³-hybridized carbons (Fsp3) is 0.0164. The van der Waals surface area contributed by atoms with Crippen LogP contribution in [-0.4, -0.2) is 4.57 Å². The SMILES string of the molecule is c1ccc(-c2ccccc2-c2ccccc2N(c2cccc3c2-c2ccccc2C32c3ccccc3-n3c4ccccc4c4cccc2c43)c2cccc3c2oc2ccccc23)cc1. The van der Waals surface area contributed by atoms with Gasteiger partial charge in [0.05, 0.1) is 39.2 Å². The summed E-state index contributed by atoms with van der Waals surface area (Å²) < 4.78 is 9.47. The summed E-state index contributed by atoms with van der Waals surface area (Å²) in [6.45, 7) is 0. The zero-order valence-electron chi connectivity index (χ0n) is 34.7. The molecule has 14 rings (SSSR count). The number of nitrogens with zero attached hydrogens (tertiary/aromatic N) is 2. The van der Waals surface area contributed by atoms with E-state index in [0.29, 0.717) is 0 Å². The molecule has 3 nitrogen and oxygen atoms in total. The third kappa shape index (κ3) is 4.60. The fourth-order valence-corrected chi connectivity index (χ4v) is 11.6. The van der Waals surface area contributed by atoms with Crippen LogP contribution in [0.3, 0.4) is 0 Å². The molecule has 2 aromatic heterocycles. The molecule has 0 N–H and O–H groups in total. The summed E-state index contributed by atoms with van der Waals surface area (Å²) in [5.41, 5.74) is 20.2. The quantitative estimate of drug-likeness (QED) is 0.173. The Bertz CT molecular complexity index is 3870. The number of rotatable bonds is 5. The van der Waals surface area contributed by atoms with Crippen LogP contribution in [0.1, 0.15) is 22.3 Å². The second-order valence-corrected chi connectivity index (χ2v) is 17.1. The highest BCUT2D eigenvalue weighted by Crippen LogP contribution is 2.63. The lowest BCUT2D eigenvalue weighted by atomic mass is 9.65. The molecule has 0 saturated heterocycles. The van der Waals surface area contributed by atoms with E-state index >= 15 is 0 Å². The van der Waals surface area contributed by atoms with Gasteiger partial charge in [0, 0.05) is 32.7 Å². The van der Waals surface area contributed by atoms with Crippen molar-refractivity contribution in [1.29, 1.82) is 0 Å². The number of furan rings is 1. The highest BCUT2D eigenvalue weighted by molar-refractivity contribution is 6.15. The first-order valence-electron chi connectivity index (χ1n) is 22.1. The van der Waals surface area contributed by atoms with Gasteiger partial charge in [-0.1, -0.05) is 194 Å². The lowest BCUT2D eigenvalue weighted by Crippen LogP contribution is -2.33. The Labute approximate surface area is 370 Å². The Morgan fingerprint density at radius 1 is 0.359 bits per heavy atom. The van der Waals surface area contributed by atoms with Crippen LogP contribution >= 0.6 is 0 Å². The van der Waals surface area contributed by atoms with Crippen LogP contribution in [0.4, 0.5) is 17.1 Å². The van der Waals surface area contributed by atoms with Crippen LogP contribution in [-0.2, 0) is 5.41 Å². The molecule has 1 aliphatic carbocycles. The Morgan fingerprint density at radius 3 is 1.83 bits per heavy atom. The van der Waals surface area contributed by atoms with Crippen molar-refractivity contribution in [3.05, 3.63) is 253 Å². The third-order valence-corrected chi connectivity index (χ3v) is 14.0. The van der Waals surface area contributed by atoms with E-state index < -0.39 is 5.41 Å². The zero-order chi connectivity index (χ0) is 41.9. The summed E-state index contributed by atoms with van der Waals surface area (Å²) in [4.78, 5) is 2.49. The normalized spacial score (nSPS) is 14.6. The molecule has 0 bridgehead atoms. The topological polar surface area (TPSA) is 21.3 Å². The zero-order valence-corrected chi connectivity index (χ0v) is 34.7. The Kier molecular flexibility index (Phi) is 7.32. The van der Waals surface area contributed by atoms with Crippen molar-refractivity contribution in [1.82, 2.24) is 4.57 Å². The van der Waals surface area contributed by atoms with Crippen molar-refractivity contribution in [2.45, 2.75) is 5.41 Å². The molecule has 1 unspecified atom stereocenters. The molecule has 0 fully saturated rings. The van der Waals surface area contributed by atoms with Crippen molar-refractivity contribution < 1.29 is 4.42 Å². The number of benzene rings is 10. The standard InChI is InChI=1S/C61H38N2O/c1-2-19-39(20-3-1)40-21-4-5-22-41(40)42-23-7-12-33-52(42)62(56-37-17-28-46-44-25-9-15-38-57(44)64-60(46)56)55-36-18-31-50-58(55)47-26-6-10-29-48(47)61(50)49-30-11-14-35-54(49)63-53-34-13-8-24-43(53)45-27-16-32-51(61)59(45)63/h1-38H. The van der Waals surface area contributed by atoms with Crippen LogP contribution in [0.2, 0.25) is 0 Å². The Morgan fingerprint density at radius 2 is 0.938 bits per heavy atom. The van der Waals surface area contributed by atoms with Crippen molar-refractivity contribution in [2.75, 3.05) is 4.90 Å². The first kappa shape index (κ1) is 35.2. The summed E-state index contributed by atoms with van der Waals surface area (Å²) in [6.07, 6.45) is 0. The van der Waals surface area contributed by atoms with Gasteiger partial charge in [-0.25, -0.2) is 0 Å². The average Bonchev–Trinajstić information content (AvgIpc) is 4.02. The van der Waals surface area contributed by atoms with E-state index in [0.717, 1.165) is 50.1 Å². The van der Waals surface area contributed by atoms with Gasteiger partial charge in [-0.2, -0.15) is 0 Å². The van der Waals surface area contributed by atoms with Crippen LogP contribution in [0, 0.1) is 0 Å². The third-order valence-electron chi connectivity index (χ3n) is 14.0. The van der Waals surface area contributed by atoms with E-state index in [9.17, 15) is 0 Å². The number of para-hydroxylation sites is 6. The molecule has 1 atom stereocenters. The van der Waals surface area contributed by atoms with Gasteiger partial charge in [0.2, 0.25) is 0 Å². The van der Waals surface area contributed by atoms with E-state index in [4.69, 9.17) is 4.42 Å². The van der Waals surface area contributed by atoms with Crippen LogP contribution < -0.4 is 4.90 Å². The molecular formula is C61H38N2O. The number of fused-ring (bicyclic) bond motifs is 15. The molecule has 1 aliphatic heterocycles. The van der Waals surface area contributed by atoms with E-state index in [1.807, 2.05) is 0 Å². The van der Waals surface area contributed by atoms with Gasteiger partial charge < -0.3 is 13.9 Å². The van der Waals surface area contributed by atoms with Crippen LogP contribution in [0.15, 0.2) is 235 Å². The van der Waals surface area contributed by atoms with E-state index in [1.54, 1.807) is 0 Å². The molecule has 12 aromatic rings. The maximum absolute atomic E-state index is 6.95. The molecule has 1 spiro atoms. The van der Waals surface area contributed by atoms with Gasteiger partial charge in [-0.15, -0.1) is 0 Å². The smallest absolute Gasteiger partial charge is 0.159 e. The maximum atomic E-state index is 6.95. The molecule has 0 radical (unpaired) electrons. The minimum Gasteiger partial charge on any atom is -0.454 e. The van der Waals surface area contributed by atoms with Gasteiger partial charge >= 0.3 is 0 Å². The highest BCUT2D eigenvalue weighted by Gasteiger charge is 2.51. The lowest BCUT2D eigenvalue weighted by Gasteiger charge is -2.39. The van der Waals surface area contributed by atoms with Crippen molar-refractivity contribution in [3.8, 4) is 39.1 Å². The largest absolute Gasteiger partial charge is 0.454 e. The maximum Gasteiger partial charge on any atom is 0.159 e. The van der Waals surface area contributed by atoms with Crippen molar-refractivity contribution in [3.63, 3.8) is 0 Å². The first-order valence-corrected chi connectivity index (χ1v) is 22.1. The molecule has 3 heterocycles. The molecule has 10 aromatic carbocycles. The van der Waals surface area contributed by atoms with Gasteiger partial charge in [0.15, 0.2) is 5.58 Å². The van der Waals surface area contributed by atoms with Crippen molar-refractivity contribution in [2.24, 2.45) is 0 Å². The first-order chi connectivity index (χ1) is 31.8. The van der Waals surface area contributed by atoms with Crippen LogP contribution in [0.5, 0.6) is 0 Å². The fourth-order valence-electron chi connectivity index (χ4n) is 11.6. The summed E-state index contributed by atoms with van der Waals surface area (Å²) in [7, 11) is 0. The van der Waals surface area contributed by atoms with E-state index in [2.05, 4.69) is 240 Å². The van der Waals surface area contributed by atoms with Gasteiger partial charge in [0.25, 0.3) is 0 Å². The predicted molar refractivity (Wildman–Crippen MR) is 264 cm³/mol. The second kappa shape index (κ2) is 13.3. The monoisotopic (exact) mass is 814 g/mol. The van der Waals surface area contributed by atoms with E-state index in [1.165, 1.54) is 72.0 Å². The average molecular weight is 815 g/mol. The number of aromatic nitrogens is 1. The summed E-state index contributed by atoms with van der Waals surface area (Å²) in [6, 6.07) is 84.5. The highest BCUT2D eigenvalue weighted by atomic mass is 16.3. The molecule has 298 valence electrons. The van der Waals surface area contributed by atoms with E-state index in [-0.39, 0.29) is 0 Å². The summed E-state index contributed by atoms with van der Waals surface area (Å²) in [5, 5.41) is 4.73. The van der Waals surface area contributed by atoms with Gasteiger partial charge in [-0.3, -0.25) is 0 Å². The minimum atomic E-state index is -0.598. The van der Waals surface area contributed by atoms with Crippen LogP contribution in [0.25, 0.3) is 82.8 Å². The Balaban J connectivity index is 1.12. The summed E-state index contributed by atoms with van der Waals surface area (Å²) in [5.74, 6) is 0. The summed E-state index contributed by atoms with van der Waals surface area (Å²) >= 11 is 0. The molecule has 64 heavy (non-hydrogen) atoms. The number of hydrogen-bond acceptors (Lipinski definition) is 2. The molecule has 3 heteroatoms.